The molecule has 6 nitrogen and oxygen atoms in total. The van der Waals surface area contributed by atoms with Crippen molar-refractivity contribution < 1.29 is 9.47 Å². The first-order valence-electron chi connectivity index (χ1n) is 9.17. The molecule has 0 saturated carbocycles. The number of nitrogens with zero attached hydrogens (tertiary/aromatic N) is 4. The second-order valence-electron chi connectivity index (χ2n) is 6.60. The number of benzene rings is 2. The third kappa shape index (κ3) is 4.69. The second kappa shape index (κ2) is 9.07. The molecule has 9 heteroatoms. The maximum Gasteiger partial charge on any atom is 0.271 e. The maximum absolute atomic E-state index is 6.08. The van der Waals surface area contributed by atoms with Gasteiger partial charge in [0.2, 0.25) is 5.82 Å². The van der Waals surface area contributed by atoms with E-state index in [9.17, 15) is 0 Å². The summed E-state index contributed by atoms with van der Waals surface area (Å²) in [6.07, 6.45) is 0. The van der Waals surface area contributed by atoms with E-state index >= 15 is 0 Å². The fraction of sp³-hybridized carbons (Fsp3) is 0.300. The first kappa shape index (κ1) is 20.1. The van der Waals surface area contributed by atoms with Crippen molar-refractivity contribution in [3.63, 3.8) is 0 Å². The Morgan fingerprint density at radius 2 is 1.66 bits per heavy atom. The lowest BCUT2D eigenvalue weighted by Crippen LogP contribution is -2.46. The summed E-state index contributed by atoms with van der Waals surface area (Å²) in [6, 6.07) is 13.6. The molecular formula is C20H20Cl2N4O2S. The highest BCUT2D eigenvalue weighted by molar-refractivity contribution is 6.99. The maximum atomic E-state index is 6.08. The van der Waals surface area contributed by atoms with Crippen LogP contribution in [0.25, 0.3) is 0 Å². The highest BCUT2D eigenvalue weighted by atomic mass is 35.5. The molecular weight excluding hydrogens is 431 g/mol. The van der Waals surface area contributed by atoms with Crippen LogP contribution in [0.2, 0.25) is 10.0 Å². The summed E-state index contributed by atoms with van der Waals surface area (Å²) in [5, 5.41) is 1.04. The minimum atomic E-state index is 0.362. The van der Waals surface area contributed by atoms with E-state index in [0.29, 0.717) is 22.5 Å². The van der Waals surface area contributed by atoms with Crippen LogP contribution in [0.3, 0.4) is 0 Å². The van der Waals surface area contributed by atoms with Crippen molar-refractivity contribution in [3.8, 4) is 11.6 Å². The number of anilines is 2. The van der Waals surface area contributed by atoms with Crippen molar-refractivity contribution in [1.29, 1.82) is 0 Å². The molecule has 1 fully saturated rings. The fourth-order valence-electron chi connectivity index (χ4n) is 3.21. The van der Waals surface area contributed by atoms with Crippen molar-refractivity contribution in [1.82, 2.24) is 8.75 Å². The average Bonchev–Trinajstić information content (AvgIpc) is 3.23. The van der Waals surface area contributed by atoms with Crippen LogP contribution in [-0.2, 0) is 6.61 Å². The van der Waals surface area contributed by atoms with Crippen LogP contribution in [0.4, 0.5) is 11.5 Å². The molecule has 0 atom stereocenters. The van der Waals surface area contributed by atoms with E-state index in [1.807, 2.05) is 18.2 Å². The monoisotopic (exact) mass is 450 g/mol. The molecule has 0 bridgehead atoms. The molecule has 0 unspecified atom stereocenters. The number of piperazine rings is 1. The van der Waals surface area contributed by atoms with Crippen LogP contribution >= 0.6 is 34.9 Å². The molecule has 2 aromatic carbocycles. The quantitative estimate of drug-likeness (QED) is 0.539. The third-order valence-corrected chi connectivity index (χ3v) is 6.06. The lowest BCUT2D eigenvalue weighted by atomic mass is 10.2. The second-order valence-corrected chi connectivity index (χ2v) is 7.95. The molecule has 0 radical (unpaired) electrons. The molecule has 2 heterocycles. The predicted octanol–water partition coefficient (Wildman–Crippen LogP) is 4.76. The number of halogens is 2. The molecule has 0 amide bonds. The van der Waals surface area contributed by atoms with E-state index in [2.05, 4.69) is 30.7 Å². The SMILES string of the molecule is COc1ccc(N2CCN(c3nsnc3OCc3ccc(Cl)c(Cl)c3)CC2)cc1. The number of methoxy groups -OCH3 is 1. The molecule has 4 rings (SSSR count). The first-order valence-corrected chi connectivity index (χ1v) is 10.7. The summed E-state index contributed by atoms with van der Waals surface area (Å²) >= 11 is 13.2. The van der Waals surface area contributed by atoms with Crippen molar-refractivity contribution in [2.24, 2.45) is 0 Å². The summed E-state index contributed by atoms with van der Waals surface area (Å²) in [4.78, 5) is 4.57. The minimum absolute atomic E-state index is 0.362. The van der Waals surface area contributed by atoms with Crippen LogP contribution in [0, 0.1) is 0 Å². The zero-order valence-corrected chi connectivity index (χ0v) is 18.2. The van der Waals surface area contributed by atoms with Crippen LogP contribution in [0.1, 0.15) is 5.56 Å². The Morgan fingerprint density at radius 3 is 2.34 bits per heavy atom. The lowest BCUT2D eigenvalue weighted by molar-refractivity contribution is 0.296. The molecule has 1 saturated heterocycles. The number of hydrogen-bond acceptors (Lipinski definition) is 7. The fourth-order valence-corrected chi connectivity index (χ4v) is 4.05. The van der Waals surface area contributed by atoms with E-state index in [1.165, 1.54) is 5.69 Å². The summed E-state index contributed by atoms with van der Waals surface area (Å²) in [5.74, 6) is 2.22. The van der Waals surface area contributed by atoms with Gasteiger partial charge in [-0.05, 0) is 42.0 Å². The largest absolute Gasteiger partial charge is 0.497 e. The molecule has 0 aliphatic carbocycles. The molecule has 3 aromatic rings. The van der Waals surface area contributed by atoms with Gasteiger partial charge in [-0.25, -0.2) is 0 Å². The highest BCUT2D eigenvalue weighted by Gasteiger charge is 2.23. The van der Waals surface area contributed by atoms with Crippen molar-refractivity contribution >= 4 is 46.4 Å². The Morgan fingerprint density at radius 1 is 0.931 bits per heavy atom. The normalized spacial score (nSPS) is 14.2. The van der Waals surface area contributed by atoms with E-state index in [4.69, 9.17) is 32.7 Å². The van der Waals surface area contributed by atoms with Gasteiger partial charge in [-0.1, -0.05) is 29.3 Å². The van der Waals surface area contributed by atoms with E-state index in [-0.39, 0.29) is 0 Å². The molecule has 0 N–H and O–H groups in total. The van der Waals surface area contributed by atoms with Gasteiger partial charge >= 0.3 is 0 Å². The molecule has 29 heavy (non-hydrogen) atoms. The van der Waals surface area contributed by atoms with Gasteiger partial charge in [-0.15, -0.1) is 4.37 Å². The van der Waals surface area contributed by atoms with Gasteiger partial charge in [-0.3, -0.25) is 0 Å². The standard InChI is InChI=1S/C20H20Cl2N4O2S/c1-27-16-5-3-15(4-6-16)25-8-10-26(11-9-25)19-20(24-29-23-19)28-13-14-2-7-17(21)18(22)12-14/h2-7,12H,8-11,13H2,1H3. The number of aromatic nitrogens is 2. The molecule has 0 spiro atoms. The van der Waals surface area contributed by atoms with Gasteiger partial charge < -0.3 is 19.3 Å². The van der Waals surface area contributed by atoms with E-state index in [0.717, 1.165) is 55.0 Å². The summed E-state index contributed by atoms with van der Waals surface area (Å²) in [6.45, 7) is 3.86. The van der Waals surface area contributed by atoms with Crippen LogP contribution in [0.15, 0.2) is 42.5 Å². The Balaban J connectivity index is 1.36. The van der Waals surface area contributed by atoms with Gasteiger partial charge in [0.15, 0.2) is 0 Å². The van der Waals surface area contributed by atoms with Gasteiger partial charge in [-0.2, -0.15) is 4.37 Å². The number of hydrogen-bond donors (Lipinski definition) is 0. The molecule has 1 aromatic heterocycles. The van der Waals surface area contributed by atoms with Crippen LogP contribution in [-0.4, -0.2) is 42.0 Å². The smallest absolute Gasteiger partial charge is 0.271 e. The third-order valence-electron chi connectivity index (χ3n) is 4.82. The molecule has 152 valence electrons. The zero-order valence-electron chi connectivity index (χ0n) is 15.8. The van der Waals surface area contributed by atoms with Crippen molar-refractivity contribution in [2.45, 2.75) is 6.61 Å². The summed E-state index contributed by atoms with van der Waals surface area (Å²) in [7, 11) is 1.68. The average molecular weight is 451 g/mol. The van der Waals surface area contributed by atoms with Crippen LogP contribution in [0.5, 0.6) is 11.6 Å². The van der Waals surface area contributed by atoms with E-state index < -0.39 is 0 Å². The van der Waals surface area contributed by atoms with Gasteiger partial charge in [0.1, 0.15) is 12.4 Å². The number of rotatable bonds is 6. The minimum Gasteiger partial charge on any atom is -0.497 e. The summed E-state index contributed by atoms with van der Waals surface area (Å²) < 4.78 is 19.9. The van der Waals surface area contributed by atoms with Gasteiger partial charge in [0.05, 0.1) is 28.9 Å². The molecule has 1 aliphatic heterocycles. The van der Waals surface area contributed by atoms with E-state index in [1.54, 1.807) is 19.2 Å². The predicted molar refractivity (Wildman–Crippen MR) is 118 cm³/mol. The molecule has 1 aliphatic rings. The van der Waals surface area contributed by atoms with Crippen molar-refractivity contribution in [3.05, 3.63) is 58.1 Å². The first-order chi connectivity index (χ1) is 14.1. The zero-order chi connectivity index (χ0) is 20.2. The Hall–Kier alpha value is -2.22. The Kier molecular flexibility index (Phi) is 6.28. The topological polar surface area (TPSA) is 50.7 Å². The highest BCUT2D eigenvalue weighted by Crippen LogP contribution is 2.29. The summed E-state index contributed by atoms with van der Waals surface area (Å²) in [5.41, 5.74) is 2.13. The van der Waals surface area contributed by atoms with Crippen molar-refractivity contribution in [2.75, 3.05) is 43.1 Å². The number of ether oxygens (including phenoxy) is 2. The Labute approximate surface area is 183 Å². The van der Waals surface area contributed by atoms with Gasteiger partial charge in [0, 0.05) is 31.9 Å². The van der Waals surface area contributed by atoms with Gasteiger partial charge in [0.25, 0.3) is 5.88 Å². The lowest BCUT2D eigenvalue weighted by Gasteiger charge is -2.36. The Bertz CT molecular complexity index is 959. The van der Waals surface area contributed by atoms with Crippen LogP contribution < -0.4 is 19.3 Å².